The molecule has 0 atom stereocenters. The molecule has 5 nitrogen and oxygen atoms in total. The highest BCUT2D eigenvalue weighted by molar-refractivity contribution is 5.84. The molecule has 1 N–H and O–H groups in total. The molecule has 2 heterocycles. The van der Waals surface area contributed by atoms with Crippen molar-refractivity contribution in [3.05, 3.63) is 52.2 Å². The summed E-state index contributed by atoms with van der Waals surface area (Å²) in [5, 5.41) is 10.3. The Labute approximate surface area is 184 Å². The quantitative estimate of drug-likeness (QED) is 0.566. The first-order valence-electron chi connectivity index (χ1n) is 10.8. The Balaban J connectivity index is 2.00. The average Bonchev–Trinajstić information content (AvgIpc) is 3.06. The second-order valence-electron chi connectivity index (χ2n) is 8.15. The van der Waals surface area contributed by atoms with Gasteiger partial charge in [0.25, 0.3) is 0 Å². The van der Waals surface area contributed by atoms with Crippen molar-refractivity contribution in [2.45, 2.75) is 47.3 Å². The molecule has 2 aromatic carbocycles. The standard InChI is InChI=1S/C26H31NO4/c1-7-31-14-21-24(19-10-15(2)26(28)16(3)11-19)17(4)27-9-8-18-12-22(29-5)23(30-6)13-20(18)25(21)27/h10-13,28H,7-9,14H2,1-6H3. The summed E-state index contributed by atoms with van der Waals surface area (Å²) in [7, 11) is 3.35. The van der Waals surface area contributed by atoms with Crippen LogP contribution < -0.4 is 9.47 Å². The van der Waals surface area contributed by atoms with Crippen LogP contribution in [0.3, 0.4) is 0 Å². The fourth-order valence-corrected chi connectivity index (χ4v) is 4.80. The number of rotatable bonds is 6. The maximum atomic E-state index is 10.3. The molecule has 4 rings (SSSR count). The van der Waals surface area contributed by atoms with Crippen LogP contribution in [-0.4, -0.2) is 30.5 Å². The van der Waals surface area contributed by atoms with Crippen LogP contribution in [0.25, 0.3) is 22.4 Å². The summed E-state index contributed by atoms with van der Waals surface area (Å²) in [6.45, 7) is 10.2. The first-order chi connectivity index (χ1) is 14.9. The van der Waals surface area contributed by atoms with Crippen LogP contribution in [0.2, 0.25) is 0 Å². The number of aromatic nitrogens is 1. The molecule has 0 bridgehead atoms. The van der Waals surface area contributed by atoms with Gasteiger partial charge in [-0.25, -0.2) is 0 Å². The lowest BCUT2D eigenvalue weighted by Gasteiger charge is -2.23. The van der Waals surface area contributed by atoms with Crippen molar-refractivity contribution in [3.63, 3.8) is 0 Å². The van der Waals surface area contributed by atoms with E-state index in [9.17, 15) is 5.11 Å². The molecule has 0 spiro atoms. The fraction of sp³-hybridized carbons (Fsp3) is 0.385. The van der Waals surface area contributed by atoms with Crippen LogP contribution in [0, 0.1) is 20.8 Å². The van der Waals surface area contributed by atoms with E-state index in [1.807, 2.05) is 20.8 Å². The highest BCUT2D eigenvalue weighted by Crippen LogP contribution is 2.46. The number of benzene rings is 2. The number of aryl methyl sites for hydroxylation is 3. The van der Waals surface area contributed by atoms with Gasteiger partial charge < -0.3 is 23.9 Å². The number of hydrogen-bond acceptors (Lipinski definition) is 4. The van der Waals surface area contributed by atoms with Crippen molar-refractivity contribution in [2.24, 2.45) is 0 Å². The molecule has 0 saturated heterocycles. The van der Waals surface area contributed by atoms with Crippen LogP contribution in [0.5, 0.6) is 17.2 Å². The van der Waals surface area contributed by atoms with Gasteiger partial charge in [-0.3, -0.25) is 0 Å². The molecule has 0 radical (unpaired) electrons. The zero-order chi connectivity index (χ0) is 22.3. The molecule has 0 amide bonds. The Kier molecular flexibility index (Phi) is 5.71. The monoisotopic (exact) mass is 421 g/mol. The van der Waals surface area contributed by atoms with Crippen molar-refractivity contribution in [3.8, 4) is 39.6 Å². The second kappa shape index (κ2) is 8.31. The van der Waals surface area contributed by atoms with E-state index in [0.717, 1.165) is 41.2 Å². The van der Waals surface area contributed by atoms with Gasteiger partial charge in [-0.2, -0.15) is 0 Å². The van der Waals surface area contributed by atoms with Crippen molar-refractivity contribution in [1.29, 1.82) is 0 Å². The van der Waals surface area contributed by atoms with Crippen molar-refractivity contribution < 1.29 is 19.3 Å². The lowest BCUT2D eigenvalue weighted by molar-refractivity contribution is 0.134. The lowest BCUT2D eigenvalue weighted by Crippen LogP contribution is -2.13. The molecule has 3 aromatic rings. The Hall–Kier alpha value is -2.92. The third-order valence-corrected chi connectivity index (χ3v) is 6.32. The number of hydrogen-bond donors (Lipinski definition) is 1. The highest BCUT2D eigenvalue weighted by atomic mass is 16.5. The van der Waals surface area contributed by atoms with Crippen molar-refractivity contribution in [2.75, 3.05) is 20.8 Å². The summed E-state index contributed by atoms with van der Waals surface area (Å²) in [6, 6.07) is 8.33. The highest BCUT2D eigenvalue weighted by Gasteiger charge is 2.28. The predicted octanol–water partition coefficient (Wildman–Crippen LogP) is 5.56. The molecule has 0 aliphatic carbocycles. The van der Waals surface area contributed by atoms with Gasteiger partial charge >= 0.3 is 0 Å². The van der Waals surface area contributed by atoms with Crippen molar-refractivity contribution in [1.82, 2.24) is 4.57 Å². The zero-order valence-corrected chi connectivity index (χ0v) is 19.3. The lowest BCUT2D eigenvalue weighted by atomic mass is 9.92. The molecule has 1 aliphatic rings. The summed E-state index contributed by atoms with van der Waals surface area (Å²) < 4.78 is 19.5. The van der Waals surface area contributed by atoms with Crippen molar-refractivity contribution >= 4 is 0 Å². The summed E-state index contributed by atoms with van der Waals surface area (Å²) in [4.78, 5) is 0. The number of phenols is 1. The molecular formula is C26H31NO4. The number of phenolic OH excluding ortho intramolecular Hbond substituents is 1. The maximum Gasteiger partial charge on any atom is 0.161 e. The van der Waals surface area contributed by atoms with E-state index in [4.69, 9.17) is 14.2 Å². The van der Waals surface area contributed by atoms with Gasteiger partial charge in [-0.1, -0.05) is 0 Å². The second-order valence-corrected chi connectivity index (χ2v) is 8.15. The fourth-order valence-electron chi connectivity index (χ4n) is 4.80. The molecule has 0 fully saturated rings. The van der Waals surface area contributed by atoms with Crippen LogP contribution in [0.1, 0.15) is 34.9 Å². The summed E-state index contributed by atoms with van der Waals surface area (Å²) in [6.07, 6.45) is 0.930. The number of nitrogens with zero attached hydrogens (tertiary/aromatic N) is 1. The maximum absolute atomic E-state index is 10.3. The van der Waals surface area contributed by atoms with Gasteiger partial charge in [0, 0.05) is 35.5 Å². The molecule has 0 unspecified atom stereocenters. The Morgan fingerprint density at radius 1 is 0.968 bits per heavy atom. The minimum Gasteiger partial charge on any atom is -0.507 e. The van der Waals surface area contributed by atoms with Crippen LogP contribution in [-0.2, 0) is 24.3 Å². The summed E-state index contributed by atoms with van der Waals surface area (Å²) in [5.41, 5.74) is 10.1. The Bertz CT molecular complexity index is 1120. The Morgan fingerprint density at radius 2 is 1.61 bits per heavy atom. The van der Waals surface area contributed by atoms with Gasteiger partial charge in [0.1, 0.15) is 5.75 Å². The molecule has 0 saturated carbocycles. The van der Waals surface area contributed by atoms with Gasteiger partial charge in [0.05, 0.1) is 26.5 Å². The summed E-state index contributed by atoms with van der Waals surface area (Å²) >= 11 is 0. The normalized spacial score (nSPS) is 12.5. The average molecular weight is 422 g/mol. The third kappa shape index (κ3) is 3.47. The van der Waals surface area contributed by atoms with E-state index in [2.05, 4.69) is 35.8 Å². The minimum atomic E-state index is 0.360. The first kappa shape index (κ1) is 21.3. The van der Waals surface area contributed by atoms with Crippen LogP contribution in [0.4, 0.5) is 0 Å². The first-order valence-corrected chi connectivity index (χ1v) is 10.8. The van der Waals surface area contributed by atoms with E-state index in [-0.39, 0.29) is 0 Å². The molecule has 5 heteroatoms. The van der Waals surface area contributed by atoms with E-state index in [1.165, 1.54) is 33.6 Å². The van der Waals surface area contributed by atoms with Gasteiger partial charge in [0.15, 0.2) is 11.5 Å². The largest absolute Gasteiger partial charge is 0.507 e. The van der Waals surface area contributed by atoms with E-state index in [1.54, 1.807) is 14.2 Å². The predicted molar refractivity (Wildman–Crippen MR) is 123 cm³/mol. The van der Waals surface area contributed by atoms with Crippen LogP contribution in [0.15, 0.2) is 24.3 Å². The zero-order valence-electron chi connectivity index (χ0n) is 19.3. The van der Waals surface area contributed by atoms with Gasteiger partial charge in [-0.15, -0.1) is 0 Å². The summed E-state index contributed by atoms with van der Waals surface area (Å²) in [5.74, 6) is 1.85. The number of methoxy groups -OCH3 is 2. The van der Waals surface area contributed by atoms with Gasteiger partial charge in [0.2, 0.25) is 0 Å². The smallest absolute Gasteiger partial charge is 0.161 e. The molecule has 164 valence electrons. The van der Waals surface area contributed by atoms with Crippen LogP contribution >= 0.6 is 0 Å². The molecule has 1 aromatic heterocycles. The van der Waals surface area contributed by atoms with Gasteiger partial charge in [-0.05, 0) is 80.6 Å². The van der Waals surface area contributed by atoms with E-state index < -0.39 is 0 Å². The van der Waals surface area contributed by atoms with E-state index >= 15 is 0 Å². The molecule has 31 heavy (non-hydrogen) atoms. The minimum absolute atomic E-state index is 0.360. The Morgan fingerprint density at radius 3 is 2.23 bits per heavy atom. The third-order valence-electron chi connectivity index (χ3n) is 6.32. The van der Waals surface area contributed by atoms with E-state index in [0.29, 0.717) is 19.0 Å². The SMILES string of the molecule is CCOCc1c(-c2cc(C)c(O)c(C)c2)c(C)n2c1-c1cc(OC)c(OC)cc1CC2. The molecule has 1 aliphatic heterocycles. The number of ether oxygens (including phenoxy) is 3. The number of aromatic hydroxyl groups is 1. The molecular weight excluding hydrogens is 390 g/mol. The topological polar surface area (TPSA) is 52.9 Å². The number of fused-ring (bicyclic) bond motifs is 3.